The summed E-state index contributed by atoms with van der Waals surface area (Å²) in [6.07, 6.45) is 0. The number of nitrogen functional groups attached to an aromatic ring is 1. The lowest BCUT2D eigenvalue weighted by molar-refractivity contribution is 0.0463. The summed E-state index contributed by atoms with van der Waals surface area (Å²) in [5.41, 5.74) is 5.54. The fourth-order valence-electron chi connectivity index (χ4n) is 1.67. The Labute approximate surface area is 119 Å². The Morgan fingerprint density at radius 3 is 2.62 bits per heavy atom. The third-order valence-corrected chi connectivity index (χ3v) is 2.75. The zero-order valence-corrected chi connectivity index (χ0v) is 10.8. The Bertz CT molecular complexity index is 739. The third kappa shape index (κ3) is 3.34. The number of hydrogen-bond donors (Lipinski definition) is 1. The van der Waals surface area contributed by atoms with E-state index in [1.54, 1.807) is 0 Å². The van der Waals surface area contributed by atoms with Gasteiger partial charge in [0.1, 0.15) is 18.2 Å². The summed E-state index contributed by atoms with van der Waals surface area (Å²) >= 11 is 0. The number of halogens is 2. The average Bonchev–Trinajstić information content (AvgIpc) is 2.46. The van der Waals surface area contributed by atoms with Gasteiger partial charge in [0.25, 0.3) is 0 Å². The monoisotopic (exact) mass is 288 g/mol. The molecule has 0 amide bonds. The van der Waals surface area contributed by atoms with E-state index in [4.69, 9.17) is 15.7 Å². The van der Waals surface area contributed by atoms with Crippen LogP contribution >= 0.6 is 0 Å². The Morgan fingerprint density at radius 2 is 1.95 bits per heavy atom. The smallest absolute Gasteiger partial charge is 0.341 e. The van der Waals surface area contributed by atoms with Crippen LogP contribution in [0.1, 0.15) is 21.5 Å². The van der Waals surface area contributed by atoms with Crippen LogP contribution in [0.4, 0.5) is 14.5 Å². The molecule has 4 nitrogen and oxygen atoms in total. The van der Waals surface area contributed by atoms with Gasteiger partial charge in [0, 0.05) is 11.3 Å². The first kappa shape index (κ1) is 14.5. The molecule has 0 fully saturated rings. The summed E-state index contributed by atoms with van der Waals surface area (Å²) < 4.78 is 31.9. The first-order valence-electron chi connectivity index (χ1n) is 5.92. The molecule has 0 bridgehead atoms. The minimum atomic E-state index is -0.936. The molecule has 0 saturated heterocycles. The van der Waals surface area contributed by atoms with E-state index in [1.807, 2.05) is 6.07 Å². The highest BCUT2D eigenvalue weighted by molar-refractivity contribution is 5.90. The van der Waals surface area contributed by atoms with Gasteiger partial charge in [-0.05, 0) is 36.4 Å². The van der Waals surface area contributed by atoms with Gasteiger partial charge in [0.2, 0.25) is 0 Å². The van der Waals surface area contributed by atoms with Crippen LogP contribution in [0.2, 0.25) is 0 Å². The summed E-state index contributed by atoms with van der Waals surface area (Å²) in [6, 6.07) is 9.06. The van der Waals surface area contributed by atoms with E-state index in [2.05, 4.69) is 0 Å². The Morgan fingerprint density at radius 1 is 1.19 bits per heavy atom. The van der Waals surface area contributed by atoms with Gasteiger partial charge in [0.05, 0.1) is 17.2 Å². The van der Waals surface area contributed by atoms with E-state index in [0.717, 1.165) is 12.1 Å². The number of esters is 1. The van der Waals surface area contributed by atoms with Gasteiger partial charge in [-0.3, -0.25) is 0 Å². The SMILES string of the molecule is N#Cc1ccc(F)c(COC(=O)c2ccc(N)cc2F)c1. The highest BCUT2D eigenvalue weighted by Gasteiger charge is 2.14. The molecule has 0 aliphatic carbocycles. The number of rotatable bonds is 3. The molecule has 0 radical (unpaired) electrons. The van der Waals surface area contributed by atoms with Crippen LogP contribution in [-0.4, -0.2) is 5.97 Å². The van der Waals surface area contributed by atoms with Crippen molar-refractivity contribution in [2.75, 3.05) is 5.73 Å². The van der Waals surface area contributed by atoms with Crippen molar-refractivity contribution in [2.45, 2.75) is 6.61 Å². The molecular weight excluding hydrogens is 278 g/mol. The molecule has 6 heteroatoms. The zero-order valence-electron chi connectivity index (χ0n) is 10.8. The molecule has 2 aromatic carbocycles. The van der Waals surface area contributed by atoms with Crippen LogP contribution in [-0.2, 0) is 11.3 Å². The molecule has 0 aliphatic rings. The first-order valence-corrected chi connectivity index (χ1v) is 5.92. The second-order valence-corrected chi connectivity index (χ2v) is 4.23. The van der Waals surface area contributed by atoms with Crippen LogP contribution in [0.3, 0.4) is 0 Å². The fraction of sp³-hybridized carbons (Fsp3) is 0.0667. The summed E-state index contributed by atoms with van der Waals surface area (Å²) in [5.74, 6) is -2.36. The molecule has 2 aromatic rings. The third-order valence-electron chi connectivity index (χ3n) is 2.75. The highest BCUT2D eigenvalue weighted by atomic mass is 19.1. The number of ether oxygens (including phenoxy) is 1. The molecule has 0 unspecified atom stereocenters. The van der Waals surface area contributed by atoms with Gasteiger partial charge in [-0.2, -0.15) is 5.26 Å². The number of anilines is 1. The van der Waals surface area contributed by atoms with Gasteiger partial charge in [0.15, 0.2) is 0 Å². The fourth-order valence-corrected chi connectivity index (χ4v) is 1.67. The zero-order chi connectivity index (χ0) is 15.4. The molecule has 0 saturated carbocycles. The van der Waals surface area contributed by atoms with Gasteiger partial charge in [-0.25, -0.2) is 13.6 Å². The molecule has 21 heavy (non-hydrogen) atoms. The lowest BCUT2D eigenvalue weighted by Crippen LogP contribution is -2.09. The minimum Gasteiger partial charge on any atom is -0.457 e. The Kier molecular flexibility index (Phi) is 4.14. The number of nitrogens with zero attached hydrogens (tertiary/aromatic N) is 1. The number of hydrogen-bond acceptors (Lipinski definition) is 4. The summed E-state index contributed by atoms with van der Waals surface area (Å²) in [5, 5.41) is 8.73. The molecule has 106 valence electrons. The van der Waals surface area contributed by atoms with Gasteiger partial charge >= 0.3 is 5.97 Å². The largest absolute Gasteiger partial charge is 0.457 e. The number of carbonyl (C=O) groups excluding carboxylic acids is 1. The minimum absolute atomic E-state index is 0.0400. The van der Waals surface area contributed by atoms with Crippen LogP contribution in [0.15, 0.2) is 36.4 Å². The van der Waals surface area contributed by atoms with Gasteiger partial charge in [-0.15, -0.1) is 0 Å². The predicted octanol–water partition coefficient (Wildman–Crippen LogP) is 2.78. The predicted molar refractivity (Wildman–Crippen MR) is 71.0 cm³/mol. The molecule has 0 atom stereocenters. The second kappa shape index (κ2) is 6.01. The van der Waals surface area contributed by atoms with E-state index < -0.39 is 24.2 Å². The van der Waals surface area contributed by atoms with Crippen molar-refractivity contribution in [1.29, 1.82) is 5.26 Å². The van der Waals surface area contributed by atoms with E-state index >= 15 is 0 Å². The molecule has 2 N–H and O–H groups in total. The van der Waals surface area contributed by atoms with Gasteiger partial charge < -0.3 is 10.5 Å². The molecule has 2 rings (SSSR count). The van der Waals surface area contributed by atoms with Crippen molar-refractivity contribution < 1.29 is 18.3 Å². The maximum absolute atomic E-state index is 13.5. The molecule has 0 spiro atoms. The van der Waals surface area contributed by atoms with Gasteiger partial charge in [-0.1, -0.05) is 0 Å². The molecular formula is C15H10F2N2O2. The molecule has 0 aliphatic heterocycles. The van der Waals surface area contributed by atoms with Crippen LogP contribution in [0, 0.1) is 23.0 Å². The number of carbonyl (C=O) groups is 1. The molecule has 0 heterocycles. The maximum Gasteiger partial charge on any atom is 0.341 e. The quantitative estimate of drug-likeness (QED) is 0.696. The summed E-state index contributed by atoms with van der Waals surface area (Å²) in [6.45, 7) is -0.399. The Hall–Kier alpha value is -2.94. The van der Waals surface area contributed by atoms with Crippen molar-refractivity contribution >= 4 is 11.7 Å². The number of nitrogens with two attached hydrogens (primary N) is 1. The normalized spacial score (nSPS) is 9.95. The van der Waals surface area contributed by atoms with E-state index in [1.165, 1.54) is 24.3 Å². The van der Waals surface area contributed by atoms with Crippen molar-refractivity contribution in [1.82, 2.24) is 0 Å². The van der Waals surface area contributed by atoms with Crippen LogP contribution in [0.5, 0.6) is 0 Å². The summed E-state index contributed by atoms with van der Waals surface area (Å²) in [4.78, 5) is 11.7. The van der Waals surface area contributed by atoms with Crippen LogP contribution in [0.25, 0.3) is 0 Å². The number of nitriles is 1. The molecule has 0 aromatic heterocycles. The van der Waals surface area contributed by atoms with E-state index in [0.29, 0.717) is 0 Å². The second-order valence-electron chi connectivity index (χ2n) is 4.23. The average molecular weight is 288 g/mol. The van der Waals surface area contributed by atoms with Crippen molar-refractivity contribution in [2.24, 2.45) is 0 Å². The van der Waals surface area contributed by atoms with E-state index in [9.17, 15) is 13.6 Å². The standard InChI is InChI=1S/C15H10F2N2O2/c16-13-4-1-9(7-18)5-10(13)8-21-15(20)12-3-2-11(19)6-14(12)17/h1-6H,8,19H2. The van der Waals surface area contributed by atoms with Crippen molar-refractivity contribution in [3.8, 4) is 6.07 Å². The lowest BCUT2D eigenvalue weighted by atomic mass is 10.1. The van der Waals surface area contributed by atoms with E-state index in [-0.39, 0.29) is 22.4 Å². The number of benzene rings is 2. The maximum atomic E-state index is 13.5. The highest BCUT2D eigenvalue weighted by Crippen LogP contribution is 2.15. The Balaban J connectivity index is 2.13. The lowest BCUT2D eigenvalue weighted by Gasteiger charge is -2.07. The topological polar surface area (TPSA) is 76.1 Å². The van der Waals surface area contributed by atoms with Crippen molar-refractivity contribution in [3.05, 3.63) is 64.7 Å². The summed E-state index contributed by atoms with van der Waals surface area (Å²) in [7, 11) is 0. The van der Waals surface area contributed by atoms with Crippen LogP contribution < -0.4 is 5.73 Å². The first-order chi connectivity index (χ1) is 10.0. The van der Waals surface area contributed by atoms with Crippen molar-refractivity contribution in [3.63, 3.8) is 0 Å².